The quantitative estimate of drug-likeness (QED) is 0.280. The maximum absolute atomic E-state index is 13.6. The van der Waals surface area contributed by atoms with Gasteiger partial charge in [0.25, 0.3) is 5.91 Å². The molecule has 0 heterocycles. The number of hydrogen-bond donors (Lipinski definition) is 3. The molecule has 0 radical (unpaired) electrons. The molecule has 168 valence electrons. The number of benzene rings is 3. The van der Waals surface area contributed by atoms with Crippen LogP contribution >= 0.6 is 11.6 Å². The van der Waals surface area contributed by atoms with Gasteiger partial charge in [0.15, 0.2) is 6.61 Å². The number of rotatable bonds is 7. The molecule has 0 spiro atoms. The van der Waals surface area contributed by atoms with Crippen LogP contribution in [0.3, 0.4) is 0 Å². The van der Waals surface area contributed by atoms with E-state index >= 15 is 0 Å². The molecule has 3 aromatic rings. The van der Waals surface area contributed by atoms with Crippen LogP contribution in [0.1, 0.15) is 5.56 Å². The highest BCUT2D eigenvalue weighted by atomic mass is 35.5. The van der Waals surface area contributed by atoms with Gasteiger partial charge in [0.05, 0.1) is 22.6 Å². The van der Waals surface area contributed by atoms with Crippen molar-refractivity contribution in [2.24, 2.45) is 5.10 Å². The number of nitrogens with zero attached hydrogens (tertiary/aromatic N) is 1. The average molecular weight is 469 g/mol. The van der Waals surface area contributed by atoms with Crippen molar-refractivity contribution in [3.05, 3.63) is 89.2 Å². The Balaban J connectivity index is 1.54. The summed E-state index contributed by atoms with van der Waals surface area (Å²) in [5.41, 5.74) is 2.82. The third-order valence-corrected chi connectivity index (χ3v) is 4.45. The van der Waals surface area contributed by atoms with Crippen molar-refractivity contribution in [1.29, 1.82) is 0 Å². The topological polar surface area (TPSA) is 109 Å². The lowest BCUT2D eigenvalue weighted by Gasteiger charge is -2.10. The van der Waals surface area contributed by atoms with Crippen LogP contribution in [0.15, 0.2) is 77.9 Å². The van der Waals surface area contributed by atoms with Crippen molar-refractivity contribution >= 4 is 46.9 Å². The molecule has 0 aliphatic rings. The number of para-hydroxylation sites is 3. The van der Waals surface area contributed by atoms with E-state index in [9.17, 15) is 18.8 Å². The van der Waals surface area contributed by atoms with Gasteiger partial charge in [0.2, 0.25) is 0 Å². The molecule has 3 N–H and O–H groups in total. The molecule has 0 bridgehead atoms. The molecule has 3 amide bonds. The Morgan fingerprint density at radius 1 is 0.879 bits per heavy atom. The van der Waals surface area contributed by atoms with E-state index in [0.29, 0.717) is 22.0 Å². The number of nitrogens with one attached hydrogen (secondary N) is 3. The largest absolute Gasteiger partial charge is 0.483 e. The van der Waals surface area contributed by atoms with E-state index in [2.05, 4.69) is 15.7 Å². The summed E-state index contributed by atoms with van der Waals surface area (Å²) in [5.74, 6) is -2.95. The third kappa shape index (κ3) is 6.88. The fourth-order valence-corrected chi connectivity index (χ4v) is 2.75. The molecular formula is C23H18ClFN4O4. The van der Waals surface area contributed by atoms with Crippen LogP contribution in [0.4, 0.5) is 15.8 Å². The Hall–Kier alpha value is -4.24. The number of anilines is 2. The summed E-state index contributed by atoms with van der Waals surface area (Å²) in [5, 5.41) is 8.90. The molecule has 0 saturated carbocycles. The van der Waals surface area contributed by atoms with E-state index in [-0.39, 0.29) is 12.3 Å². The molecule has 0 aliphatic heterocycles. The molecule has 3 aromatic carbocycles. The number of hydrazone groups is 1. The number of ether oxygens (including phenoxy) is 1. The van der Waals surface area contributed by atoms with E-state index in [1.54, 1.807) is 48.5 Å². The smallest absolute Gasteiger partial charge is 0.329 e. The minimum atomic E-state index is -1.09. The van der Waals surface area contributed by atoms with Crippen LogP contribution in [-0.2, 0) is 14.4 Å². The van der Waals surface area contributed by atoms with Crippen molar-refractivity contribution in [2.45, 2.75) is 0 Å². The molecule has 33 heavy (non-hydrogen) atoms. The van der Waals surface area contributed by atoms with Crippen LogP contribution in [-0.4, -0.2) is 30.5 Å². The van der Waals surface area contributed by atoms with E-state index in [0.717, 1.165) is 6.07 Å². The zero-order valence-corrected chi connectivity index (χ0v) is 17.8. The van der Waals surface area contributed by atoms with Gasteiger partial charge < -0.3 is 15.4 Å². The number of amides is 3. The van der Waals surface area contributed by atoms with Crippen molar-refractivity contribution in [1.82, 2.24) is 5.43 Å². The highest BCUT2D eigenvalue weighted by Crippen LogP contribution is 2.21. The second-order valence-corrected chi connectivity index (χ2v) is 6.89. The lowest BCUT2D eigenvalue weighted by molar-refractivity contribution is -0.136. The van der Waals surface area contributed by atoms with E-state index < -0.39 is 23.5 Å². The van der Waals surface area contributed by atoms with Crippen LogP contribution in [0.5, 0.6) is 5.75 Å². The summed E-state index contributed by atoms with van der Waals surface area (Å²) in [7, 11) is 0. The minimum absolute atomic E-state index is 0.129. The summed E-state index contributed by atoms with van der Waals surface area (Å²) < 4.78 is 19.1. The summed E-state index contributed by atoms with van der Waals surface area (Å²) in [6.07, 6.45) is 1.25. The van der Waals surface area contributed by atoms with Crippen LogP contribution < -0.4 is 20.8 Å². The van der Waals surface area contributed by atoms with Gasteiger partial charge in [-0.3, -0.25) is 14.4 Å². The first kappa shape index (κ1) is 23.4. The lowest BCUT2D eigenvalue weighted by Crippen LogP contribution is -2.32. The average Bonchev–Trinajstić information content (AvgIpc) is 2.81. The molecule has 0 saturated heterocycles. The molecule has 8 nitrogen and oxygen atoms in total. The van der Waals surface area contributed by atoms with Gasteiger partial charge in [0, 0.05) is 5.56 Å². The second kappa shape index (κ2) is 11.4. The van der Waals surface area contributed by atoms with Crippen molar-refractivity contribution in [3.63, 3.8) is 0 Å². The fraction of sp³-hybridized carbons (Fsp3) is 0.0435. The monoisotopic (exact) mass is 468 g/mol. The molecule has 10 heteroatoms. The molecule has 0 aromatic heterocycles. The van der Waals surface area contributed by atoms with Crippen molar-refractivity contribution in [3.8, 4) is 5.75 Å². The summed E-state index contributed by atoms with van der Waals surface area (Å²) in [6, 6.07) is 18.9. The normalized spacial score (nSPS) is 10.5. The van der Waals surface area contributed by atoms with Crippen molar-refractivity contribution in [2.75, 3.05) is 17.2 Å². The van der Waals surface area contributed by atoms with Gasteiger partial charge in [0.1, 0.15) is 11.6 Å². The Labute approximate surface area is 193 Å². The molecule has 3 rings (SSSR count). The van der Waals surface area contributed by atoms with Gasteiger partial charge in [-0.05, 0) is 36.4 Å². The zero-order chi connectivity index (χ0) is 23.6. The minimum Gasteiger partial charge on any atom is -0.483 e. The Morgan fingerprint density at radius 3 is 2.30 bits per heavy atom. The zero-order valence-electron chi connectivity index (χ0n) is 17.0. The second-order valence-electron chi connectivity index (χ2n) is 6.49. The highest BCUT2D eigenvalue weighted by molar-refractivity contribution is 6.39. The van der Waals surface area contributed by atoms with E-state index in [1.807, 2.05) is 5.43 Å². The number of carbonyl (C=O) groups is 3. The van der Waals surface area contributed by atoms with Crippen LogP contribution in [0, 0.1) is 5.82 Å². The van der Waals surface area contributed by atoms with E-state index in [4.69, 9.17) is 16.3 Å². The van der Waals surface area contributed by atoms with E-state index in [1.165, 1.54) is 24.4 Å². The Morgan fingerprint density at radius 2 is 1.55 bits per heavy atom. The maximum Gasteiger partial charge on any atom is 0.329 e. The van der Waals surface area contributed by atoms with Gasteiger partial charge in [-0.1, -0.05) is 48.0 Å². The molecule has 0 fully saturated rings. The predicted molar refractivity (Wildman–Crippen MR) is 123 cm³/mol. The van der Waals surface area contributed by atoms with Crippen LogP contribution in [0.2, 0.25) is 5.02 Å². The van der Waals surface area contributed by atoms with Crippen LogP contribution in [0.25, 0.3) is 0 Å². The summed E-state index contributed by atoms with van der Waals surface area (Å²) in [4.78, 5) is 35.9. The maximum atomic E-state index is 13.6. The first-order chi connectivity index (χ1) is 15.9. The summed E-state index contributed by atoms with van der Waals surface area (Å²) in [6.45, 7) is -0.298. The SMILES string of the molecule is O=C(COc1ccccc1/C=N\NC(=O)C(=O)Nc1ccccc1F)Nc1ccccc1Cl. The molecule has 0 atom stereocenters. The first-order valence-corrected chi connectivity index (χ1v) is 9.97. The fourth-order valence-electron chi connectivity index (χ4n) is 2.56. The molecule has 0 unspecified atom stereocenters. The van der Waals surface area contributed by atoms with Crippen molar-refractivity contribution < 1.29 is 23.5 Å². The lowest BCUT2D eigenvalue weighted by atomic mass is 10.2. The number of carbonyl (C=O) groups excluding carboxylic acids is 3. The highest BCUT2D eigenvalue weighted by Gasteiger charge is 2.15. The molecule has 0 aliphatic carbocycles. The summed E-state index contributed by atoms with van der Waals surface area (Å²) >= 11 is 6.01. The Kier molecular flexibility index (Phi) is 8.09. The molecular weight excluding hydrogens is 451 g/mol. The third-order valence-electron chi connectivity index (χ3n) is 4.12. The number of halogens is 2. The first-order valence-electron chi connectivity index (χ1n) is 9.59. The predicted octanol–water partition coefficient (Wildman–Crippen LogP) is 3.59. The van der Waals surface area contributed by atoms with Gasteiger partial charge >= 0.3 is 11.8 Å². The van der Waals surface area contributed by atoms with Gasteiger partial charge in [-0.2, -0.15) is 5.10 Å². The standard InChI is InChI=1S/C23H18ClFN4O4/c24-16-8-2-4-10-18(16)27-21(30)14-33-20-12-6-1-7-15(20)13-26-29-23(32)22(31)28-19-11-5-3-9-17(19)25/h1-13H,14H2,(H,27,30)(H,28,31)(H,29,32)/b26-13-. The van der Waals surface area contributed by atoms with Gasteiger partial charge in [-0.25, -0.2) is 9.82 Å². The van der Waals surface area contributed by atoms with Gasteiger partial charge in [-0.15, -0.1) is 0 Å². The Bertz CT molecular complexity index is 1200. The number of hydrogen-bond acceptors (Lipinski definition) is 5.